The van der Waals surface area contributed by atoms with Gasteiger partial charge in [-0.15, -0.1) is 0 Å². The Kier molecular flexibility index (Phi) is 2.52. The summed E-state index contributed by atoms with van der Waals surface area (Å²) in [4.78, 5) is 0. The maximum atomic E-state index is 9.25. The Labute approximate surface area is 74.2 Å². The second-order valence-corrected chi connectivity index (χ2v) is 3.26. The average Bonchev–Trinajstić information content (AvgIpc) is 1.94. The van der Waals surface area contributed by atoms with Crippen molar-refractivity contribution < 1.29 is 5.11 Å². The SMILES string of the molecule is C[C@H](N)c1cccc(O)c1Br. The second-order valence-electron chi connectivity index (χ2n) is 2.47. The summed E-state index contributed by atoms with van der Waals surface area (Å²) in [5.74, 6) is 0.236. The van der Waals surface area contributed by atoms with Gasteiger partial charge in [0.1, 0.15) is 5.75 Å². The zero-order valence-electron chi connectivity index (χ0n) is 6.21. The number of aromatic hydroxyl groups is 1. The lowest BCUT2D eigenvalue weighted by molar-refractivity contribution is 0.470. The molecule has 0 unspecified atom stereocenters. The highest BCUT2D eigenvalue weighted by Crippen LogP contribution is 2.29. The number of benzene rings is 1. The normalized spacial score (nSPS) is 13.0. The second kappa shape index (κ2) is 3.24. The molecule has 1 aromatic carbocycles. The first-order chi connectivity index (χ1) is 5.13. The number of hydrogen-bond acceptors (Lipinski definition) is 2. The van der Waals surface area contributed by atoms with Gasteiger partial charge in [0, 0.05) is 6.04 Å². The molecule has 3 N–H and O–H groups in total. The molecule has 1 rings (SSSR count). The molecular weight excluding hydrogens is 206 g/mol. The van der Waals surface area contributed by atoms with E-state index < -0.39 is 0 Å². The van der Waals surface area contributed by atoms with Crippen LogP contribution >= 0.6 is 15.9 Å². The summed E-state index contributed by atoms with van der Waals surface area (Å²) in [6.07, 6.45) is 0. The van der Waals surface area contributed by atoms with Gasteiger partial charge in [-0.1, -0.05) is 12.1 Å². The molecule has 0 fully saturated rings. The molecule has 0 bridgehead atoms. The fraction of sp³-hybridized carbons (Fsp3) is 0.250. The van der Waals surface area contributed by atoms with Crippen LogP contribution in [0, 0.1) is 0 Å². The van der Waals surface area contributed by atoms with Crippen LogP contribution in [0.5, 0.6) is 5.75 Å². The third-order valence-electron chi connectivity index (χ3n) is 1.50. The lowest BCUT2D eigenvalue weighted by atomic mass is 10.1. The van der Waals surface area contributed by atoms with E-state index in [-0.39, 0.29) is 11.8 Å². The molecule has 1 aromatic rings. The Morgan fingerprint density at radius 2 is 2.18 bits per heavy atom. The van der Waals surface area contributed by atoms with Gasteiger partial charge in [-0.2, -0.15) is 0 Å². The topological polar surface area (TPSA) is 46.2 Å². The number of phenolic OH excluding ortho intramolecular Hbond substituents is 1. The highest BCUT2D eigenvalue weighted by atomic mass is 79.9. The van der Waals surface area contributed by atoms with Gasteiger partial charge in [-0.25, -0.2) is 0 Å². The van der Waals surface area contributed by atoms with E-state index in [4.69, 9.17) is 5.73 Å². The first-order valence-electron chi connectivity index (χ1n) is 3.36. The van der Waals surface area contributed by atoms with E-state index in [2.05, 4.69) is 15.9 Å². The van der Waals surface area contributed by atoms with Crippen LogP contribution in [-0.4, -0.2) is 5.11 Å². The minimum absolute atomic E-state index is 0.0588. The minimum Gasteiger partial charge on any atom is -0.507 e. The Balaban J connectivity index is 3.17. The molecule has 2 nitrogen and oxygen atoms in total. The monoisotopic (exact) mass is 215 g/mol. The third-order valence-corrected chi connectivity index (χ3v) is 2.36. The number of rotatable bonds is 1. The van der Waals surface area contributed by atoms with Gasteiger partial charge < -0.3 is 10.8 Å². The van der Waals surface area contributed by atoms with Crippen molar-refractivity contribution in [1.82, 2.24) is 0 Å². The lowest BCUT2D eigenvalue weighted by Crippen LogP contribution is -2.05. The van der Waals surface area contributed by atoms with Crippen LogP contribution in [0.4, 0.5) is 0 Å². The Bertz CT molecular complexity index is 260. The van der Waals surface area contributed by atoms with Crippen molar-refractivity contribution in [2.75, 3.05) is 0 Å². The summed E-state index contributed by atoms with van der Waals surface area (Å²) in [6.45, 7) is 1.87. The van der Waals surface area contributed by atoms with E-state index in [9.17, 15) is 5.11 Å². The molecule has 11 heavy (non-hydrogen) atoms. The van der Waals surface area contributed by atoms with Gasteiger partial charge in [0.2, 0.25) is 0 Å². The van der Waals surface area contributed by atoms with Crippen molar-refractivity contribution in [1.29, 1.82) is 0 Å². The van der Waals surface area contributed by atoms with Crippen LogP contribution in [0.25, 0.3) is 0 Å². The Morgan fingerprint density at radius 3 is 2.64 bits per heavy atom. The Hall–Kier alpha value is -0.540. The van der Waals surface area contributed by atoms with Crippen LogP contribution in [0.3, 0.4) is 0 Å². The molecule has 0 aliphatic rings. The fourth-order valence-electron chi connectivity index (χ4n) is 0.889. The standard InChI is InChI=1S/C8H10BrNO/c1-5(10)6-3-2-4-7(11)8(6)9/h2-5,11H,10H2,1H3/t5-/m0/s1. The summed E-state index contributed by atoms with van der Waals surface area (Å²) < 4.78 is 0.690. The van der Waals surface area contributed by atoms with Crippen molar-refractivity contribution in [2.45, 2.75) is 13.0 Å². The Morgan fingerprint density at radius 1 is 1.55 bits per heavy atom. The summed E-state index contributed by atoms with van der Waals surface area (Å²) >= 11 is 3.25. The van der Waals surface area contributed by atoms with Gasteiger partial charge in [-0.3, -0.25) is 0 Å². The largest absolute Gasteiger partial charge is 0.507 e. The molecule has 0 saturated carbocycles. The van der Waals surface area contributed by atoms with Crippen molar-refractivity contribution >= 4 is 15.9 Å². The number of phenols is 1. The molecule has 0 aliphatic heterocycles. The molecule has 0 radical (unpaired) electrons. The lowest BCUT2D eigenvalue weighted by Gasteiger charge is -2.08. The van der Waals surface area contributed by atoms with E-state index in [1.165, 1.54) is 0 Å². The van der Waals surface area contributed by atoms with E-state index in [1.807, 2.05) is 13.0 Å². The van der Waals surface area contributed by atoms with Crippen LogP contribution < -0.4 is 5.73 Å². The quantitative estimate of drug-likeness (QED) is 0.755. The third kappa shape index (κ3) is 1.73. The van der Waals surface area contributed by atoms with Crippen LogP contribution in [0.2, 0.25) is 0 Å². The number of hydrogen-bond donors (Lipinski definition) is 2. The predicted octanol–water partition coefficient (Wildman–Crippen LogP) is 2.17. The summed E-state index contributed by atoms with van der Waals surface area (Å²) in [5, 5.41) is 9.25. The molecule has 0 spiro atoms. The molecule has 0 amide bonds. The van der Waals surface area contributed by atoms with Gasteiger partial charge in [-0.05, 0) is 34.5 Å². The maximum absolute atomic E-state index is 9.25. The van der Waals surface area contributed by atoms with Crippen molar-refractivity contribution in [2.24, 2.45) is 5.73 Å². The van der Waals surface area contributed by atoms with E-state index in [0.717, 1.165) is 5.56 Å². The van der Waals surface area contributed by atoms with E-state index in [0.29, 0.717) is 4.47 Å². The first kappa shape index (κ1) is 8.56. The molecule has 0 aromatic heterocycles. The smallest absolute Gasteiger partial charge is 0.130 e. The predicted molar refractivity (Wildman–Crippen MR) is 48.4 cm³/mol. The summed E-state index contributed by atoms with van der Waals surface area (Å²) in [5.41, 5.74) is 6.56. The average molecular weight is 216 g/mol. The van der Waals surface area contributed by atoms with Crippen molar-refractivity contribution in [3.05, 3.63) is 28.2 Å². The summed E-state index contributed by atoms with van der Waals surface area (Å²) in [7, 11) is 0. The van der Waals surface area contributed by atoms with E-state index >= 15 is 0 Å². The molecule has 60 valence electrons. The molecule has 0 heterocycles. The van der Waals surface area contributed by atoms with E-state index in [1.54, 1.807) is 12.1 Å². The van der Waals surface area contributed by atoms with Gasteiger partial charge in [0.05, 0.1) is 4.47 Å². The maximum Gasteiger partial charge on any atom is 0.130 e. The van der Waals surface area contributed by atoms with Gasteiger partial charge >= 0.3 is 0 Å². The molecule has 0 aliphatic carbocycles. The zero-order chi connectivity index (χ0) is 8.43. The van der Waals surface area contributed by atoms with Gasteiger partial charge in [0.25, 0.3) is 0 Å². The van der Waals surface area contributed by atoms with Crippen molar-refractivity contribution in [3.63, 3.8) is 0 Å². The zero-order valence-corrected chi connectivity index (χ0v) is 7.80. The number of nitrogens with two attached hydrogens (primary N) is 1. The molecule has 1 atom stereocenters. The van der Waals surface area contributed by atoms with Crippen LogP contribution in [-0.2, 0) is 0 Å². The summed E-state index contributed by atoms with van der Waals surface area (Å²) in [6, 6.07) is 5.22. The van der Waals surface area contributed by atoms with Gasteiger partial charge in [0.15, 0.2) is 0 Å². The van der Waals surface area contributed by atoms with Crippen molar-refractivity contribution in [3.8, 4) is 5.75 Å². The molecular formula is C8H10BrNO. The first-order valence-corrected chi connectivity index (χ1v) is 4.15. The minimum atomic E-state index is -0.0588. The van der Waals surface area contributed by atoms with Crippen LogP contribution in [0.1, 0.15) is 18.5 Å². The van der Waals surface area contributed by atoms with Crippen LogP contribution in [0.15, 0.2) is 22.7 Å². The fourth-order valence-corrected chi connectivity index (χ4v) is 1.51. The number of halogens is 1. The highest BCUT2D eigenvalue weighted by Gasteiger charge is 2.06. The molecule has 3 heteroatoms. The highest BCUT2D eigenvalue weighted by molar-refractivity contribution is 9.10. The molecule has 0 saturated heterocycles.